The zero-order valence-electron chi connectivity index (χ0n) is 26.6. The van der Waals surface area contributed by atoms with Gasteiger partial charge in [-0.25, -0.2) is 9.97 Å². The van der Waals surface area contributed by atoms with Crippen molar-refractivity contribution in [1.29, 1.82) is 0 Å². The van der Waals surface area contributed by atoms with Crippen LogP contribution in [0.5, 0.6) is 0 Å². The van der Waals surface area contributed by atoms with E-state index >= 15 is 0 Å². The molecule has 0 bridgehead atoms. The van der Waals surface area contributed by atoms with Crippen LogP contribution in [0, 0.1) is 0 Å². The van der Waals surface area contributed by atoms with Crippen molar-refractivity contribution in [3.05, 3.63) is 176 Å². The van der Waals surface area contributed by atoms with Crippen LogP contribution in [0.25, 0.3) is 93.7 Å². The van der Waals surface area contributed by atoms with Crippen molar-refractivity contribution in [1.82, 2.24) is 14.5 Å². The molecule has 0 spiro atoms. The van der Waals surface area contributed by atoms with Crippen LogP contribution >= 0.6 is 0 Å². The highest BCUT2D eigenvalue weighted by Crippen LogP contribution is 2.41. The summed E-state index contributed by atoms with van der Waals surface area (Å²) >= 11 is 0. The van der Waals surface area contributed by atoms with Gasteiger partial charge in [-0.15, -0.1) is 0 Å². The maximum absolute atomic E-state index is 5.12. The number of para-hydroxylation sites is 1. The normalized spacial score (nSPS) is 11.7. The predicted molar refractivity (Wildman–Crippen MR) is 205 cm³/mol. The van der Waals surface area contributed by atoms with E-state index in [1.165, 1.54) is 54.1 Å². The summed E-state index contributed by atoms with van der Waals surface area (Å²) in [6.07, 6.45) is 0. The van der Waals surface area contributed by atoms with Crippen molar-refractivity contribution in [3.63, 3.8) is 0 Å². The number of hydrogen-bond acceptors (Lipinski definition) is 2. The Morgan fingerprint density at radius 2 is 0.959 bits per heavy atom. The van der Waals surface area contributed by atoms with Gasteiger partial charge < -0.3 is 4.57 Å². The number of benzene rings is 8. The lowest BCUT2D eigenvalue weighted by atomic mass is 9.94. The van der Waals surface area contributed by atoms with Crippen LogP contribution in [-0.4, -0.2) is 14.5 Å². The molecular formula is C46H29N3. The van der Waals surface area contributed by atoms with Gasteiger partial charge in [-0.1, -0.05) is 146 Å². The molecule has 0 radical (unpaired) electrons. The first kappa shape index (κ1) is 27.5. The van der Waals surface area contributed by atoms with Crippen LogP contribution < -0.4 is 0 Å². The zero-order valence-corrected chi connectivity index (χ0v) is 26.6. The molecule has 10 aromatic rings. The van der Waals surface area contributed by atoms with Crippen molar-refractivity contribution in [2.24, 2.45) is 0 Å². The van der Waals surface area contributed by atoms with Crippen LogP contribution in [0.1, 0.15) is 0 Å². The number of hydrogen-bond donors (Lipinski definition) is 0. The molecule has 0 aliphatic carbocycles. The van der Waals surface area contributed by atoms with E-state index in [1.54, 1.807) is 0 Å². The van der Waals surface area contributed by atoms with Gasteiger partial charge in [-0.05, 0) is 62.6 Å². The number of rotatable bonds is 4. The lowest BCUT2D eigenvalue weighted by molar-refractivity contribution is 1.16. The maximum atomic E-state index is 5.12. The topological polar surface area (TPSA) is 30.7 Å². The molecular weight excluding hydrogens is 595 g/mol. The first-order valence-electron chi connectivity index (χ1n) is 16.7. The maximum Gasteiger partial charge on any atom is 0.160 e. The quantitative estimate of drug-likeness (QED) is 0.183. The second kappa shape index (κ2) is 11.0. The molecule has 0 amide bonds. The molecule has 0 aliphatic heterocycles. The molecule has 3 heteroatoms. The third-order valence-corrected chi connectivity index (χ3v) is 9.77. The van der Waals surface area contributed by atoms with Gasteiger partial charge in [0.05, 0.1) is 22.4 Å². The van der Waals surface area contributed by atoms with Gasteiger partial charge in [-0.3, -0.25) is 0 Å². The van der Waals surface area contributed by atoms with Crippen LogP contribution in [-0.2, 0) is 0 Å². The first-order valence-corrected chi connectivity index (χ1v) is 16.7. The Hall–Kier alpha value is -6.58. The summed E-state index contributed by atoms with van der Waals surface area (Å²) < 4.78 is 2.40. The second-order valence-corrected chi connectivity index (χ2v) is 12.6. The molecule has 0 unspecified atom stereocenters. The van der Waals surface area contributed by atoms with Gasteiger partial charge in [0.1, 0.15) is 0 Å². The highest BCUT2D eigenvalue weighted by molar-refractivity contribution is 6.29. The van der Waals surface area contributed by atoms with E-state index in [9.17, 15) is 0 Å². The van der Waals surface area contributed by atoms with Gasteiger partial charge in [0, 0.05) is 33.2 Å². The summed E-state index contributed by atoms with van der Waals surface area (Å²) in [6, 6.07) is 62.6. The highest BCUT2D eigenvalue weighted by Gasteiger charge is 2.17. The summed E-state index contributed by atoms with van der Waals surface area (Å²) in [6.45, 7) is 0. The molecule has 0 aliphatic rings. The molecule has 0 atom stereocenters. The zero-order chi connectivity index (χ0) is 32.3. The Bertz CT molecular complexity index is 2810. The summed E-state index contributed by atoms with van der Waals surface area (Å²) in [7, 11) is 0. The van der Waals surface area contributed by atoms with E-state index < -0.39 is 0 Å². The molecule has 0 saturated carbocycles. The molecule has 10 rings (SSSR count). The number of fused-ring (bicyclic) bond motifs is 9. The van der Waals surface area contributed by atoms with Crippen LogP contribution in [0.4, 0.5) is 0 Å². The fraction of sp³-hybridized carbons (Fsp3) is 0. The van der Waals surface area contributed by atoms with Crippen molar-refractivity contribution < 1.29 is 0 Å². The molecule has 0 saturated heterocycles. The molecule has 49 heavy (non-hydrogen) atoms. The summed E-state index contributed by atoms with van der Waals surface area (Å²) in [4.78, 5) is 10.1. The smallest absolute Gasteiger partial charge is 0.160 e. The van der Waals surface area contributed by atoms with E-state index in [0.29, 0.717) is 5.82 Å². The SMILES string of the molecule is c1ccc(-c2cc(-c3cccc(-n4c5ccccc5c5c6ccc7ccc8ccccc8c7c6ccc54)c3)nc(-c3ccccc3)n2)cc1. The van der Waals surface area contributed by atoms with E-state index in [4.69, 9.17) is 9.97 Å². The molecule has 0 fully saturated rings. The van der Waals surface area contributed by atoms with Gasteiger partial charge in [0.15, 0.2) is 5.82 Å². The summed E-state index contributed by atoms with van der Waals surface area (Å²) in [5, 5.41) is 10.2. The van der Waals surface area contributed by atoms with Crippen LogP contribution in [0.15, 0.2) is 176 Å². The predicted octanol–water partition coefficient (Wildman–Crippen LogP) is 12.0. The van der Waals surface area contributed by atoms with Crippen molar-refractivity contribution >= 4 is 54.1 Å². The van der Waals surface area contributed by atoms with Gasteiger partial charge >= 0.3 is 0 Å². The fourth-order valence-electron chi connectivity index (χ4n) is 7.53. The van der Waals surface area contributed by atoms with Gasteiger partial charge in [0.25, 0.3) is 0 Å². The minimum atomic E-state index is 0.713. The van der Waals surface area contributed by atoms with E-state index in [2.05, 4.69) is 156 Å². The Morgan fingerprint density at radius 3 is 1.80 bits per heavy atom. The standard InChI is InChI=1S/C46H29N3/c1-3-13-31(14-4-1)40-29-41(48-46(47-40)33-15-5-2-6-16-33)34-17-11-18-35(28-34)49-42-21-10-9-20-39(42)45-38-25-24-32-23-22-30-12-7-8-19-36(30)44(32)37(38)26-27-43(45)49/h1-29H. The third kappa shape index (κ3) is 4.44. The Morgan fingerprint density at radius 1 is 0.347 bits per heavy atom. The van der Waals surface area contributed by atoms with Gasteiger partial charge in [0.2, 0.25) is 0 Å². The lowest BCUT2D eigenvalue weighted by Crippen LogP contribution is -1.97. The fourth-order valence-corrected chi connectivity index (χ4v) is 7.53. The Balaban J connectivity index is 1.21. The molecule has 2 aromatic heterocycles. The van der Waals surface area contributed by atoms with Crippen molar-refractivity contribution in [3.8, 4) is 39.6 Å². The molecule has 8 aromatic carbocycles. The number of aromatic nitrogens is 3. The first-order chi connectivity index (χ1) is 24.3. The van der Waals surface area contributed by atoms with Crippen molar-refractivity contribution in [2.45, 2.75) is 0 Å². The minimum absolute atomic E-state index is 0.713. The van der Waals surface area contributed by atoms with Crippen molar-refractivity contribution in [2.75, 3.05) is 0 Å². The Labute approximate surface area is 283 Å². The van der Waals surface area contributed by atoms with E-state index in [-0.39, 0.29) is 0 Å². The van der Waals surface area contributed by atoms with Crippen LogP contribution in [0.3, 0.4) is 0 Å². The molecule has 3 nitrogen and oxygen atoms in total. The average Bonchev–Trinajstić information content (AvgIpc) is 3.53. The molecule has 0 N–H and O–H groups in total. The van der Waals surface area contributed by atoms with E-state index in [0.717, 1.165) is 33.8 Å². The van der Waals surface area contributed by atoms with Gasteiger partial charge in [-0.2, -0.15) is 0 Å². The lowest BCUT2D eigenvalue weighted by Gasteiger charge is -2.13. The summed E-state index contributed by atoms with van der Waals surface area (Å²) in [5.74, 6) is 0.713. The molecule has 2 heterocycles. The molecule has 228 valence electrons. The minimum Gasteiger partial charge on any atom is -0.309 e. The highest BCUT2D eigenvalue weighted by atomic mass is 15.0. The largest absolute Gasteiger partial charge is 0.309 e. The van der Waals surface area contributed by atoms with E-state index in [1.807, 2.05) is 24.3 Å². The Kier molecular flexibility index (Phi) is 6.18. The second-order valence-electron chi connectivity index (χ2n) is 12.6. The monoisotopic (exact) mass is 623 g/mol. The number of nitrogens with zero attached hydrogens (tertiary/aromatic N) is 3. The summed E-state index contributed by atoms with van der Waals surface area (Å²) in [5.41, 5.74) is 8.34. The van der Waals surface area contributed by atoms with Crippen LogP contribution in [0.2, 0.25) is 0 Å². The third-order valence-electron chi connectivity index (χ3n) is 9.77. The average molecular weight is 624 g/mol.